The zero-order valence-corrected chi connectivity index (χ0v) is 15.6. The minimum Gasteiger partial charge on any atom is -0.491 e. The summed E-state index contributed by atoms with van der Waals surface area (Å²) in [6.45, 7) is 7.02. The molecule has 0 bridgehead atoms. The maximum Gasteiger partial charge on any atom is 0.222 e. The summed E-state index contributed by atoms with van der Waals surface area (Å²) in [5.41, 5.74) is 1.07. The molecule has 0 radical (unpaired) electrons. The standard InChI is InChI=1S/C17H26N2O2S.ClH/c1-12(2)21-16-6-4-5-14(9-16)13(3)19-17(20)10-15-11-22-8-7-18-15;/h4-6,9,12-13,15,18H,7-8,10-11H2,1-3H3,(H,19,20);1H. The molecule has 130 valence electrons. The van der Waals surface area contributed by atoms with Crippen LogP contribution in [0.15, 0.2) is 24.3 Å². The van der Waals surface area contributed by atoms with E-state index in [1.165, 1.54) is 0 Å². The zero-order valence-electron chi connectivity index (χ0n) is 14.0. The molecule has 2 N–H and O–H groups in total. The Morgan fingerprint density at radius 1 is 1.43 bits per heavy atom. The Labute approximate surface area is 149 Å². The first kappa shape index (κ1) is 20.1. The number of ether oxygens (including phenoxy) is 1. The van der Waals surface area contributed by atoms with Gasteiger partial charge in [-0.15, -0.1) is 12.4 Å². The van der Waals surface area contributed by atoms with E-state index in [1.807, 2.05) is 56.8 Å². The van der Waals surface area contributed by atoms with Gasteiger partial charge in [0.25, 0.3) is 0 Å². The molecule has 6 heteroatoms. The van der Waals surface area contributed by atoms with Crippen molar-refractivity contribution in [2.45, 2.75) is 45.4 Å². The van der Waals surface area contributed by atoms with Gasteiger partial charge in [0.05, 0.1) is 12.1 Å². The molecule has 0 aliphatic carbocycles. The molecule has 2 unspecified atom stereocenters. The molecule has 4 nitrogen and oxygen atoms in total. The Morgan fingerprint density at radius 3 is 2.87 bits per heavy atom. The van der Waals surface area contributed by atoms with Gasteiger partial charge in [0, 0.05) is 30.5 Å². The van der Waals surface area contributed by atoms with Gasteiger partial charge in [-0.1, -0.05) is 12.1 Å². The number of hydrogen-bond donors (Lipinski definition) is 2. The third kappa shape index (κ3) is 7.02. The number of carbonyl (C=O) groups is 1. The van der Waals surface area contributed by atoms with E-state index in [2.05, 4.69) is 10.6 Å². The number of rotatable bonds is 6. The van der Waals surface area contributed by atoms with Gasteiger partial charge in [-0.05, 0) is 38.5 Å². The molecular weight excluding hydrogens is 332 g/mol. The lowest BCUT2D eigenvalue weighted by Crippen LogP contribution is -2.41. The molecule has 1 heterocycles. The number of nitrogens with one attached hydrogen (secondary N) is 2. The largest absolute Gasteiger partial charge is 0.491 e. The molecular formula is C17H27ClN2O2S. The molecule has 1 aromatic rings. The van der Waals surface area contributed by atoms with E-state index in [-0.39, 0.29) is 30.5 Å². The summed E-state index contributed by atoms with van der Waals surface area (Å²) in [6, 6.07) is 8.21. The predicted molar refractivity (Wildman–Crippen MR) is 99.7 cm³/mol. The summed E-state index contributed by atoms with van der Waals surface area (Å²) < 4.78 is 5.71. The number of hydrogen-bond acceptors (Lipinski definition) is 4. The minimum atomic E-state index is -0.0144. The Hall–Kier alpha value is -0.910. The van der Waals surface area contributed by atoms with Crippen molar-refractivity contribution in [3.8, 4) is 5.75 Å². The van der Waals surface area contributed by atoms with Gasteiger partial charge >= 0.3 is 0 Å². The molecule has 1 aliphatic rings. The van der Waals surface area contributed by atoms with Gasteiger partial charge < -0.3 is 15.4 Å². The fraction of sp³-hybridized carbons (Fsp3) is 0.588. The lowest BCUT2D eigenvalue weighted by molar-refractivity contribution is -0.122. The van der Waals surface area contributed by atoms with Crippen LogP contribution < -0.4 is 15.4 Å². The average Bonchev–Trinajstić information content (AvgIpc) is 2.47. The smallest absolute Gasteiger partial charge is 0.222 e. The molecule has 0 aromatic heterocycles. The Morgan fingerprint density at radius 2 is 2.22 bits per heavy atom. The summed E-state index contributed by atoms with van der Waals surface area (Å²) >= 11 is 1.91. The highest BCUT2D eigenvalue weighted by atomic mass is 35.5. The molecule has 1 fully saturated rings. The van der Waals surface area contributed by atoms with Crippen LogP contribution in [0.1, 0.15) is 38.8 Å². The van der Waals surface area contributed by atoms with E-state index in [1.54, 1.807) is 0 Å². The molecule has 0 saturated carbocycles. The highest BCUT2D eigenvalue weighted by Gasteiger charge is 2.18. The Balaban J connectivity index is 0.00000264. The second-order valence-electron chi connectivity index (χ2n) is 5.96. The Bertz CT molecular complexity index is 493. The zero-order chi connectivity index (χ0) is 15.9. The Kier molecular flexibility index (Phi) is 8.81. The van der Waals surface area contributed by atoms with Crippen LogP contribution in [0.4, 0.5) is 0 Å². The predicted octanol–water partition coefficient (Wildman–Crippen LogP) is 3.17. The lowest BCUT2D eigenvalue weighted by atomic mass is 10.1. The molecule has 1 aliphatic heterocycles. The van der Waals surface area contributed by atoms with Crippen molar-refractivity contribution in [2.75, 3.05) is 18.1 Å². The van der Waals surface area contributed by atoms with Gasteiger partial charge in [-0.2, -0.15) is 11.8 Å². The second kappa shape index (κ2) is 10.1. The SMILES string of the molecule is CC(C)Oc1cccc(C(C)NC(=O)CC2CSCCN2)c1.Cl. The first-order chi connectivity index (χ1) is 10.5. The average molecular weight is 359 g/mol. The second-order valence-corrected chi connectivity index (χ2v) is 7.11. The van der Waals surface area contributed by atoms with Crippen LogP contribution in [0.3, 0.4) is 0 Å². The van der Waals surface area contributed by atoms with Gasteiger partial charge in [0.1, 0.15) is 5.75 Å². The van der Waals surface area contributed by atoms with E-state index in [0.717, 1.165) is 29.4 Å². The van der Waals surface area contributed by atoms with Crippen LogP contribution in [0, 0.1) is 0 Å². The quantitative estimate of drug-likeness (QED) is 0.820. The van der Waals surface area contributed by atoms with Crippen molar-refractivity contribution in [1.29, 1.82) is 0 Å². The van der Waals surface area contributed by atoms with Gasteiger partial charge in [0.15, 0.2) is 0 Å². The fourth-order valence-corrected chi connectivity index (χ4v) is 3.44. The third-order valence-corrected chi connectivity index (χ3v) is 4.67. The molecule has 2 rings (SSSR count). The van der Waals surface area contributed by atoms with Crippen LogP contribution in [0.25, 0.3) is 0 Å². The number of thioether (sulfide) groups is 1. The van der Waals surface area contributed by atoms with E-state index in [9.17, 15) is 4.79 Å². The number of halogens is 1. The fourth-order valence-electron chi connectivity index (χ4n) is 2.49. The number of carbonyl (C=O) groups excluding carboxylic acids is 1. The molecule has 23 heavy (non-hydrogen) atoms. The highest BCUT2D eigenvalue weighted by Crippen LogP contribution is 2.20. The van der Waals surface area contributed by atoms with Crippen molar-refractivity contribution in [3.63, 3.8) is 0 Å². The van der Waals surface area contributed by atoms with Crippen LogP contribution in [0.5, 0.6) is 5.75 Å². The monoisotopic (exact) mass is 358 g/mol. The van der Waals surface area contributed by atoms with Crippen LogP contribution in [-0.4, -0.2) is 36.1 Å². The maximum absolute atomic E-state index is 12.2. The summed E-state index contributed by atoms with van der Waals surface area (Å²) in [7, 11) is 0. The summed E-state index contributed by atoms with van der Waals surface area (Å²) in [4.78, 5) is 12.2. The third-order valence-electron chi connectivity index (χ3n) is 3.54. The highest BCUT2D eigenvalue weighted by molar-refractivity contribution is 7.99. The maximum atomic E-state index is 12.2. The van der Waals surface area contributed by atoms with E-state index >= 15 is 0 Å². The van der Waals surface area contributed by atoms with Crippen LogP contribution >= 0.6 is 24.2 Å². The van der Waals surface area contributed by atoms with E-state index < -0.39 is 0 Å². The number of amides is 1. The van der Waals surface area contributed by atoms with Crippen molar-refractivity contribution in [1.82, 2.24) is 10.6 Å². The van der Waals surface area contributed by atoms with Crippen molar-refractivity contribution in [3.05, 3.63) is 29.8 Å². The van der Waals surface area contributed by atoms with Crippen molar-refractivity contribution < 1.29 is 9.53 Å². The summed E-state index contributed by atoms with van der Waals surface area (Å²) in [5.74, 6) is 3.10. The first-order valence-corrected chi connectivity index (χ1v) is 9.07. The molecule has 1 amide bonds. The van der Waals surface area contributed by atoms with Crippen LogP contribution in [0.2, 0.25) is 0 Å². The molecule has 0 spiro atoms. The van der Waals surface area contributed by atoms with E-state index in [0.29, 0.717) is 12.5 Å². The molecule has 1 aromatic carbocycles. The molecule has 2 atom stereocenters. The summed E-state index contributed by atoms with van der Waals surface area (Å²) in [6.07, 6.45) is 0.689. The van der Waals surface area contributed by atoms with Gasteiger partial charge in [-0.3, -0.25) is 4.79 Å². The minimum absolute atomic E-state index is 0. The number of benzene rings is 1. The molecule has 1 saturated heterocycles. The topological polar surface area (TPSA) is 50.4 Å². The summed E-state index contributed by atoms with van der Waals surface area (Å²) in [5, 5.41) is 6.47. The van der Waals surface area contributed by atoms with Gasteiger partial charge in [-0.25, -0.2) is 0 Å². The normalized spacial score (nSPS) is 18.9. The van der Waals surface area contributed by atoms with Gasteiger partial charge in [0.2, 0.25) is 5.91 Å². The lowest BCUT2D eigenvalue weighted by Gasteiger charge is -2.23. The van der Waals surface area contributed by atoms with Crippen molar-refractivity contribution >= 4 is 30.1 Å². The van der Waals surface area contributed by atoms with Crippen LogP contribution in [-0.2, 0) is 4.79 Å². The van der Waals surface area contributed by atoms with E-state index in [4.69, 9.17) is 4.74 Å². The van der Waals surface area contributed by atoms with Crippen molar-refractivity contribution in [2.24, 2.45) is 0 Å². The first-order valence-electron chi connectivity index (χ1n) is 7.91.